The fourth-order valence-corrected chi connectivity index (χ4v) is 2.97. The summed E-state index contributed by atoms with van der Waals surface area (Å²) >= 11 is 0. The van der Waals surface area contributed by atoms with Gasteiger partial charge in [0.25, 0.3) is 11.8 Å². The van der Waals surface area contributed by atoms with E-state index in [-0.39, 0.29) is 17.7 Å². The lowest BCUT2D eigenvalue weighted by molar-refractivity contribution is -0.118. The van der Waals surface area contributed by atoms with E-state index < -0.39 is 6.04 Å². The van der Waals surface area contributed by atoms with Crippen molar-refractivity contribution in [3.05, 3.63) is 102 Å². The molecule has 0 aliphatic rings. The topological polar surface area (TPSA) is 87.3 Å². The van der Waals surface area contributed by atoms with E-state index >= 15 is 0 Å². The highest BCUT2D eigenvalue weighted by atomic mass is 16.2. The quantitative estimate of drug-likeness (QED) is 0.569. The molecule has 6 heteroatoms. The van der Waals surface area contributed by atoms with Crippen molar-refractivity contribution in [2.75, 3.05) is 12.4 Å². The van der Waals surface area contributed by atoms with Crippen LogP contribution in [0.15, 0.2) is 84.9 Å². The molecule has 1 atom stereocenters. The number of carbonyl (C=O) groups is 3. The molecule has 0 spiro atoms. The summed E-state index contributed by atoms with van der Waals surface area (Å²) in [6.07, 6.45) is 0.349. The van der Waals surface area contributed by atoms with Crippen LogP contribution in [0.4, 0.5) is 5.69 Å². The first-order valence-corrected chi connectivity index (χ1v) is 9.59. The third kappa shape index (κ3) is 5.54. The van der Waals surface area contributed by atoms with E-state index in [1.165, 1.54) is 0 Å². The lowest BCUT2D eigenvalue weighted by atomic mass is 10.0. The van der Waals surface area contributed by atoms with Crippen LogP contribution in [0.1, 0.15) is 26.3 Å². The Bertz CT molecular complexity index is 1000. The number of amides is 3. The predicted octanol–water partition coefficient (Wildman–Crippen LogP) is 3.03. The number of carbonyl (C=O) groups excluding carboxylic acids is 3. The molecule has 0 aromatic heterocycles. The number of hydrogen-bond donors (Lipinski definition) is 3. The Balaban J connectivity index is 1.75. The van der Waals surface area contributed by atoms with Gasteiger partial charge in [0.1, 0.15) is 6.04 Å². The molecule has 0 radical (unpaired) electrons. The Labute approximate surface area is 175 Å². The smallest absolute Gasteiger partial charge is 0.251 e. The summed E-state index contributed by atoms with van der Waals surface area (Å²) in [4.78, 5) is 37.2. The third-order valence-electron chi connectivity index (χ3n) is 4.58. The fraction of sp³-hybridized carbons (Fsp3) is 0.125. The summed E-state index contributed by atoms with van der Waals surface area (Å²) in [5.41, 5.74) is 2.45. The second kappa shape index (κ2) is 10.0. The number of nitrogens with one attached hydrogen (secondary N) is 3. The van der Waals surface area contributed by atoms with Crippen LogP contribution >= 0.6 is 0 Å². The summed E-state index contributed by atoms with van der Waals surface area (Å²) in [5.74, 6) is -0.859. The lowest BCUT2D eigenvalue weighted by Crippen LogP contribution is -2.45. The molecular weight excluding hydrogens is 378 g/mol. The van der Waals surface area contributed by atoms with E-state index in [0.29, 0.717) is 23.2 Å². The third-order valence-corrected chi connectivity index (χ3v) is 4.58. The summed E-state index contributed by atoms with van der Waals surface area (Å²) in [5, 5.41) is 8.19. The van der Waals surface area contributed by atoms with Crippen LogP contribution in [0, 0.1) is 0 Å². The highest BCUT2D eigenvalue weighted by Gasteiger charge is 2.22. The van der Waals surface area contributed by atoms with Crippen molar-refractivity contribution in [2.45, 2.75) is 12.5 Å². The van der Waals surface area contributed by atoms with E-state index in [1.807, 2.05) is 36.4 Å². The molecular formula is C24H23N3O3. The summed E-state index contributed by atoms with van der Waals surface area (Å²) in [6.45, 7) is 0. The average molecular weight is 401 g/mol. The summed E-state index contributed by atoms with van der Waals surface area (Å²) in [7, 11) is 1.56. The van der Waals surface area contributed by atoms with E-state index in [2.05, 4.69) is 16.0 Å². The van der Waals surface area contributed by atoms with Gasteiger partial charge in [-0.3, -0.25) is 14.4 Å². The highest BCUT2D eigenvalue weighted by molar-refractivity contribution is 6.01. The van der Waals surface area contributed by atoms with Gasteiger partial charge >= 0.3 is 0 Å². The van der Waals surface area contributed by atoms with Crippen LogP contribution in [0.2, 0.25) is 0 Å². The van der Waals surface area contributed by atoms with Gasteiger partial charge in [-0.25, -0.2) is 0 Å². The van der Waals surface area contributed by atoms with E-state index in [0.717, 1.165) is 5.56 Å². The molecule has 152 valence electrons. The molecule has 6 nitrogen and oxygen atoms in total. The van der Waals surface area contributed by atoms with Gasteiger partial charge in [-0.1, -0.05) is 48.5 Å². The van der Waals surface area contributed by atoms with Crippen molar-refractivity contribution in [2.24, 2.45) is 0 Å². The second-order valence-electron chi connectivity index (χ2n) is 6.73. The van der Waals surface area contributed by atoms with Gasteiger partial charge in [0.15, 0.2) is 0 Å². The van der Waals surface area contributed by atoms with Gasteiger partial charge in [0.05, 0.1) is 0 Å². The molecule has 3 amide bonds. The zero-order chi connectivity index (χ0) is 21.3. The van der Waals surface area contributed by atoms with E-state index in [9.17, 15) is 14.4 Å². The number of hydrogen-bond acceptors (Lipinski definition) is 3. The maximum atomic E-state index is 13.0. The van der Waals surface area contributed by atoms with Gasteiger partial charge in [-0.05, 0) is 42.0 Å². The van der Waals surface area contributed by atoms with Crippen LogP contribution in [0.25, 0.3) is 0 Å². The zero-order valence-electron chi connectivity index (χ0n) is 16.6. The Hall–Kier alpha value is -3.93. The molecule has 0 saturated heterocycles. The SMILES string of the molecule is CNC(=O)c1ccc(NC(=O)[C@@H](Cc2ccccc2)NC(=O)c2ccccc2)cc1. The maximum absolute atomic E-state index is 13.0. The first kappa shape index (κ1) is 20.8. The molecule has 0 saturated carbocycles. The number of benzene rings is 3. The van der Waals surface area contributed by atoms with Gasteiger partial charge in [-0.2, -0.15) is 0 Å². The largest absolute Gasteiger partial charge is 0.355 e. The molecule has 30 heavy (non-hydrogen) atoms. The van der Waals surface area contributed by atoms with Crippen LogP contribution in [-0.4, -0.2) is 30.8 Å². The minimum Gasteiger partial charge on any atom is -0.355 e. The zero-order valence-corrected chi connectivity index (χ0v) is 16.6. The first-order chi connectivity index (χ1) is 14.6. The molecule has 0 heterocycles. The van der Waals surface area contributed by atoms with Crippen LogP contribution in [0.5, 0.6) is 0 Å². The second-order valence-corrected chi connectivity index (χ2v) is 6.73. The molecule has 0 bridgehead atoms. The van der Waals surface area contributed by atoms with Crippen LogP contribution in [0.3, 0.4) is 0 Å². The minimum atomic E-state index is -0.765. The summed E-state index contributed by atoms with van der Waals surface area (Å²) in [6, 6.07) is 24.1. The monoisotopic (exact) mass is 401 g/mol. The average Bonchev–Trinajstić information content (AvgIpc) is 2.79. The van der Waals surface area contributed by atoms with Gasteiger partial charge in [0.2, 0.25) is 5.91 Å². The van der Waals surface area contributed by atoms with Crippen molar-refractivity contribution < 1.29 is 14.4 Å². The molecule has 3 aromatic carbocycles. The van der Waals surface area contributed by atoms with Crippen LogP contribution < -0.4 is 16.0 Å². The van der Waals surface area contributed by atoms with Crippen molar-refractivity contribution in [1.82, 2.24) is 10.6 Å². The maximum Gasteiger partial charge on any atom is 0.251 e. The Morgan fingerprint density at radius 3 is 1.90 bits per heavy atom. The molecule has 3 aromatic rings. The van der Waals surface area contributed by atoms with Crippen molar-refractivity contribution >= 4 is 23.4 Å². The normalized spacial score (nSPS) is 11.2. The molecule has 3 rings (SSSR count). The van der Waals surface area contributed by atoms with E-state index in [4.69, 9.17) is 0 Å². The molecule has 3 N–H and O–H groups in total. The highest BCUT2D eigenvalue weighted by Crippen LogP contribution is 2.12. The van der Waals surface area contributed by atoms with E-state index in [1.54, 1.807) is 55.6 Å². The number of anilines is 1. The predicted molar refractivity (Wildman–Crippen MR) is 116 cm³/mol. The Kier molecular flexibility index (Phi) is 6.95. The Morgan fingerprint density at radius 1 is 0.733 bits per heavy atom. The summed E-state index contributed by atoms with van der Waals surface area (Å²) < 4.78 is 0. The minimum absolute atomic E-state index is 0.204. The van der Waals surface area contributed by atoms with Gasteiger partial charge < -0.3 is 16.0 Å². The molecule has 0 aliphatic heterocycles. The Morgan fingerprint density at radius 2 is 1.30 bits per heavy atom. The fourth-order valence-electron chi connectivity index (χ4n) is 2.97. The van der Waals surface area contributed by atoms with Crippen molar-refractivity contribution in [3.8, 4) is 0 Å². The molecule has 0 aliphatic carbocycles. The van der Waals surface area contributed by atoms with Crippen molar-refractivity contribution in [3.63, 3.8) is 0 Å². The van der Waals surface area contributed by atoms with Crippen LogP contribution in [-0.2, 0) is 11.2 Å². The van der Waals surface area contributed by atoms with Gasteiger partial charge in [-0.15, -0.1) is 0 Å². The van der Waals surface area contributed by atoms with Crippen molar-refractivity contribution in [1.29, 1.82) is 0 Å². The van der Waals surface area contributed by atoms with Gasteiger partial charge in [0, 0.05) is 30.3 Å². The first-order valence-electron chi connectivity index (χ1n) is 9.59. The molecule has 0 fully saturated rings. The standard InChI is InChI=1S/C24H23N3O3/c1-25-22(28)19-12-14-20(15-13-19)26-24(30)21(16-17-8-4-2-5-9-17)27-23(29)18-10-6-3-7-11-18/h2-15,21H,16H2,1H3,(H,25,28)(H,26,30)(H,27,29)/t21-/m1/s1. The lowest BCUT2D eigenvalue weighted by Gasteiger charge is -2.19. The number of rotatable bonds is 7. The molecule has 0 unspecified atom stereocenters.